The lowest BCUT2D eigenvalue weighted by Crippen LogP contribution is -2.34. The van der Waals surface area contributed by atoms with Gasteiger partial charge in [-0.05, 0) is 46.9 Å². The van der Waals surface area contributed by atoms with Crippen molar-refractivity contribution < 1.29 is 5.11 Å². The Labute approximate surface area is 158 Å². The van der Waals surface area contributed by atoms with Crippen LogP contribution in [0.3, 0.4) is 0 Å². The van der Waals surface area contributed by atoms with Gasteiger partial charge in [0.25, 0.3) is 0 Å². The highest BCUT2D eigenvalue weighted by Crippen LogP contribution is 2.21. The van der Waals surface area contributed by atoms with E-state index in [9.17, 15) is 5.11 Å². The second-order valence-electron chi connectivity index (χ2n) is 6.77. The Balaban J connectivity index is 1.44. The zero-order chi connectivity index (χ0) is 18.5. The van der Waals surface area contributed by atoms with Crippen molar-refractivity contribution in [1.29, 1.82) is 0 Å². The van der Waals surface area contributed by atoms with E-state index >= 15 is 0 Å². The van der Waals surface area contributed by atoms with Crippen LogP contribution in [0, 0.1) is 0 Å². The highest BCUT2D eigenvalue weighted by molar-refractivity contribution is 5.83. The molecule has 0 fully saturated rings. The van der Waals surface area contributed by atoms with E-state index in [-0.39, 0.29) is 12.6 Å². The molecule has 3 N–H and O–H groups in total. The van der Waals surface area contributed by atoms with Gasteiger partial charge in [0.15, 0.2) is 0 Å². The number of aliphatic hydroxyl groups excluding tert-OH is 1. The van der Waals surface area contributed by atoms with Crippen LogP contribution in [0.1, 0.15) is 11.1 Å². The number of nitrogens with one attached hydrogen (secondary N) is 2. The van der Waals surface area contributed by atoms with Crippen molar-refractivity contribution in [3.05, 3.63) is 90.4 Å². The summed E-state index contributed by atoms with van der Waals surface area (Å²) in [6.45, 7) is 0.809. The second kappa shape index (κ2) is 8.16. The summed E-state index contributed by atoms with van der Waals surface area (Å²) < 4.78 is 0. The fourth-order valence-corrected chi connectivity index (χ4v) is 3.42. The molecule has 4 heteroatoms. The van der Waals surface area contributed by atoms with Crippen LogP contribution in [0.25, 0.3) is 22.0 Å². The average Bonchev–Trinajstić information content (AvgIpc) is 3.15. The smallest absolute Gasteiger partial charge is 0.0588 e. The van der Waals surface area contributed by atoms with Gasteiger partial charge in [0.2, 0.25) is 0 Å². The number of hydrogen-bond acceptors (Lipinski definition) is 3. The second-order valence-corrected chi connectivity index (χ2v) is 6.77. The fraction of sp³-hybridized carbons (Fsp3) is 0.174. The molecule has 0 bridgehead atoms. The minimum Gasteiger partial charge on any atom is -0.395 e. The molecule has 2 aromatic carbocycles. The number of rotatable bonds is 7. The summed E-state index contributed by atoms with van der Waals surface area (Å²) in [7, 11) is 0. The molecule has 0 aliphatic carbocycles. The van der Waals surface area contributed by atoms with Crippen molar-refractivity contribution in [2.24, 2.45) is 0 Å². The van der Waals surface area contributed by atoms with Gasteiger partial charge in [-0.15, -0.1) is 0 Å². The van der Waals surface area contributed by atoms with Gasteiger partial charge in [-0.1, -0.05) is 42.5 Å². The molecule has 4 rings (SSSR count). The van der Waals surface area contributed by atoms with Gasteiger partial charge >= 0.3 is 0 Å². The molecule has 0 saturated heterocycles. The van der Waals surface area contributed by atoms with Gasteiger partial charge in [0.05, 0.1) is 6.61 Å². The quantitative estimate of drug-likeness (QED) is 0.470. The van der Waals surface area contributed by atoms with E-state index < -0.39 is 0 Å². The third-order valence-corrected chi connectivity index (χ3v) is 4.88. The van der Waals surface area contributed by atoms with Crippen molar-refractivity contribution in [2.75, 3.05) is 6.61 Å². The van der Waals surface area contributed by atoms with E-state index in [0.29, 0.717) is 6.54 Å². The number of nitrogens with zero attached hydrogens (tertiary/aromatic N) is 1. The molecular weight excluding hydrogens is 334 g/mol. The van der Waals surface area contributed by atoms with Crippen LogP contribution in [-0.2, 0) is 13.0 Å². The third-order valence-electron chi connectivity index (χ3n) is 4.88. The first-order valence-electron chi connectivity index (χ1n) is 9.22. The molecule has 27 heavy (non-hydrogen) atoms. The molecule has 1 unspecified atom stereocenters. The Morgan fingerprint density at radius 2 is 1.89 bits per heavy atom. The molecule has 0 aliphatic heterocycles. The van der Waals surface area contributed by atoms with Gasteiger partial charge < -0.3 is 15.4 Å². The average molecular weight is 357 g/mol. The maximum absolute atomic E-state index is 9.83. The van der Waals surface area contributed by atoms with Crippen LogP contribution in [-0.4, -0.2) is 27.7 Å². The summed E-state index contributed by atoms with van der Waals surface area (Å²) in [5.74, 6) is 0. The molecule has 0 spiro atoms. The van der Waals surface area contributed by atoms with Crippen molar-refractivity contribution >= 4 is 10.9 Å². The predicted molar refractivity (Wildman–Crippen MR) is 109 cm³/mol. The number of hydrogen-bond donors (Lipinski definition) is 3. The molecule has 4 aromatic rings. The van der Waals surface area contributed by atoms with Gasteiger partial charge in [0, 0.05) is 42.1 Å². The number of H-pyrrole nitrogens is 1. The number of aromatic amines is 1. The molecule has 136 valence electrons. The maximum atomic E-state index is 9.83. The van der Waals surface area contributed by atoms with Crippen LogP contribution >= 0.6 is 0 Å². The molecule has 0 radical (unpaired) electrons. The monoisotopic (exact) mass is 357 g/mol. The molecule has 0 saturated carbocycles. The summed E-state index contributed by atoms with van der Waals surface area (Å²) in [4.78, 5) is 7.49. The Hall–Kier alpha value is -2.95. The van der Waals surface area contributed by atoms with Gasteiger partial charge in [-0.25, -0.2) is 0 Å². The topological polar surface area (TPSA) is 60.9 Å². The van der Waals surface area contributed by atoms with Crippen LogP contribution < -0.4 is 5.32 Å². The number of aliphatic hydroxyl groups is 1. The number of para-hydroxylation sites is 1. The summed E-state index contributed by atoms with van der Waals surface area (Å²) >= 11 is 0. The minimum atomic E-state index is 0.00579. The molecule has 2 heterocycles. The third kappa shape index (κ3) is 4.08. The molecule has 4 nitrogen and oxygen atoms in total. The molecule has 0 aliphatic rings. The lowest BCUT2D eigenvalue weighted by atomic mass is 10.0. The van der Waals surface area contributed by atoms with Crippen LogP contribution in [0.2, 0.25) is 0 Å². The van der Waals surface area contributed by atoms with Crippen LogP contribution in [0.5, 0.6) is 0 Å². The Morgan fingerprint density at radius 3 is 2.74 bits per heavy atom. The zero-order valence-electron chi connectivity index (χ0n) is 15.1. The van der Waals surface area contributed by atoms with Crippen molar-refractivity contribution in [2.45, 2.75) is 19.0 Å². The number of fused-ring (bicyclic) bond motifs is 1. The first kappa shape index (κ1) is 17.5. The number of pyridine rings is 1. The van der Waals surface area contributed by atoms with E-state index in [1.807, 2.05) is 30.6 Å². The van der Waals surface area contributed by atoms with Crippen molar-refractivity contribution in [1.82, 2.24) is 15.3 Å². The Bertz CT molecular complexity index is 1010. The highest BCUT2D eigenvalue weighted by Gasteiger charge is 2.11. The summed E-state index contributed by atoms with van der Waals surface area (Å²) in [6.07, 6.45) is 6.48. The highest BCUT2D eigenvalue weighted by atomic mass is 16.3. The molecular formula is C23H23N3O. The lowest BCUT2D eigenvalue weighted by molar-refractivity contribution is 0.241. The van der Waals surface area contributed by atoms with E-state index in [2.05, 4.69) is 57.7 Å². The van der Waals surface area contributed by atoms with E-state index in [1.165, 1.54) is 16.5 Å². The zero-order valence-corrected chi connectivity index (χ0v) is 15.1. The lowest BCUT2D eigenvalue weighted by Gasteiger charge is -2.16. The summed E-state index contributed by atoms with van der Waals surface area (Å²) in [5.41, 5.74) is 5.81. The minimum absolute atomic E-state index is 0.00579. The largest absolute Gasteiger partial charge is 0.395 e. The SMILES string of the molecule is OCC(Cc1c[nH]c2ccccc12)NCc1cccc(-c2cccnc2)c1. The molecule has 2 aromatic heterocycles. The fourth-order valence-electron chi connectivity index (χ4n) is 3.42. The van der Waals surface area contributed by atoms with E-state index in [4.69, 9.17) is 0 Å². The van der Waals surface area contributed by atoms with Crippen molar-refractivity contribution in [3.8, 4) is 11.1 Å². The Morgan fingerprint density at radius 1 is 1.00 bits per heavy atom. The first-order valence-corrected chi connectivity index (χ1v) is 9.22. The first-order chi connectivity index (χ1) is 13.3. The van der Waals surface area contributed by atoms with Gasteiger partial charge in [-0.3, -0.25) is 4.98 Å². The number of benzene rings is 2. The standard InChI is InChI=1S/C23H23N3O/c27-16-21(12-20-15-26-23-9-2-1-8-22(20)23)25-13-17-5-3-6-18(11-17)19-7-4-10-24-14-19/h1-11,14-15,21,25-27H,12-13,16H2. The Kier molecular flexibility index (Phi) is 5.28. The normalized spacial score (nSPS) is 12.3. The number of aromatic nitrogens is 2. The van der Waals surface area contributed by atoms with Crippen LogP contribution in [0.15, 0.2) is 79.3 Å². The summed E-state index contributed by atoms with van der Waals surface area (Å²) in [6, 6.07) is 20.7. The molecule has 1 atom stereocenters. The summed E-state index contributed by atoms with van der Waals surface area (Å²) in [5, 5.41) is 14.5. The molecule has 0 amide bonds. The van der Waals surface area contributed by atoms with Gasteiger partial charge in [-0.2, -0.15) is 0 Å². The maximum Gasteiger partial charge on any atom is 0.0588 e. The van der Waals surface area contributed by atoms with E-state index in [0.717, 1.165) is 23.1 Å². The van der Waals surface area contributed by atoms with E-state index in [1.54, 1.807) is 6.20 Å². The predicted octanol–water partition coefficient (Wildman–Crippen LogP) is 3.92. The van der Waals surface area contributed by atoms with Crippen LogP contribution in [0.4, 0.5) is 0 Å². The van der Waals surface area contributed by atoms with Gasteiger partial charge in [0.1, 0.15) is 0 Å². The van der Waals surface area contributed by atoms with Crippen molar-refractivity contribution in [3.63, 3.8) is 0 Å².